The molecule has 0 aliphatic heterocycles. The molecule has 30 heavy (non-hydrogen) atoms. The number of amides is 2. The number of nitrogens with zero attached hydrogens (tertiary/aromatic N) is 1. The van der Waals surface area contributed by atoms with Gasteiger partial charge in [0.1, 0.15) is 5.75 Å². The standard InChI is InChI=1S/C21H17N3O5S/c1-27-14-7-4-6-13(10-14)22-20(26)24-21-23-16(11-30-21)15-9-12-5-3-8-17(28-2)18(12)29-19(15)25/h3-11H,1-2H3,(H2,22,23,24,26). The first kappa shape index (κ1) is 19.5. The van der Waals surface area contributed by atoms with Gasteiger partial charge >= 0.3 is 11.7 Å². The SMILES string of the molecule is COc1cccc(NC(=O)Nc2nc(-c3cc4cccc(OC)c4oc3=O)cs2)c1. The number of carbonyl (C=O) groups excluding carboxylic acids is 1. The number of methoxy groups -OCH3 is 2. The quantitative estimate of drug-likeness (QED) is 0.456. The van der Waals surface area contributed by atoms with E-state index >= 15 is 0 Å². The maximum atomic E-state index is 12.5. The number of thiazole rings is 1. The molecule has 4 aromatic rings. The van der Waals surface area contributed by atoms with Crippen molar-refractivity contribution in [3.05, 3.63) is 64.3 Å². The van der Waals surface area contributed by atoms with Crippen LogP contribution in [0, 0.1) is 0 Å². The van der Waals surface area contributed by atoms with Gasteiger partial charge in [-0.3, -0.25) is 5.32 Å². The largest absolute Gasteiger partial charge is 0.497 e. The second-order valence-electron chi connectivity index (χ2n) is 6.18. The van der Waals surface area contributed by atoms with E-state index in [-0.39, 0.29) is 0 Å². The van der Waals surface area contributed by atoms with Crippen LogP contribution < -0.4 is 25.7 Å². The van der Waals surface area contributed by atoms with Crippen molar-refractivity contribution in [3.63, 3.8) is 0 Å². The number of hydrogen-bond acceptors (Lipinski definition) is 7. The number of anilines is 2. The predicted molar refractivity (Wildman–Crippen MR) is 116 cm³/mol. The van der Waals surface area contributed by atoms with Gasteiger partial charge in [0.2, 0.25) is 0 Å². The van der Waals surface area contributed by atoms with Crippen LogP contribution in [0.15, 0.2) is 63.1 Å². The summed E-state index contributed by atoms with van der Waals surface area (Å²) in [6, 6.07) is 13.6. The second-order valence-corrected chi connectivity index (χ2v) is 7.03. The molecular weight excluding hydrogens is 406 g/mol. The lowest BCUT2D eigenvalue weighted by Gasteiger charge is -2.07. The van der Waals surface area contributed by atoms with Crippen LogP contribution in [0.25, 0.3) is 22.2 Å². The number of carbonyl (C=O) groups is 1. The van der Waals surface area contributed by atoms with Gasteiger partial charge in [-0.15, -0.1) is 11.3 Å². The molecule has 2 amide bonds. The number of para-hydroxylation sites is 1. The third-order valence-corrected chi connectivity index (χ3v) is 5.03. The molecule has 4 rings (SSSR count). The highest BCUT2D eigenvalue weighted by molar-refractivity contribution is 7.14. The molecule has 9 heteroatoms. The molecule has 0 unspecified atom stereocenters. The maximum absolute atomic E-state index is 12.5. The van der Waals surface area contributed by atoms with Crippen molar-refractivity contribution in [1.29, 1.82) is 0 Å². The Kier molecular flexibility index (Phi) is 5.36. The molecule has 0 fully saturated rings. The van der Waals surface area contributed by atoms with E-state index in [0.29, 0.717) is 44.5 Å². The Morgan fingerprint density at radius 2 is 1.90 bits per heavy atom. The first-order chi connectivity index (χ1) is 14.6. The van der Waals surface area contributed by atoms with E-state index in [2.05, 4.69) is 15.6 Å². The fourth-order valence-electron chi connectivity index (χ4n) is 2.87. The van der Waals surface area contributed by atoms with Gasteiger partial charge in [-0.2, -0.15) is 0 Å². The number of aromatic nitrogens is 1. The molecule has 0 aliphatic carbocycles. The van der Waals surface area contributed by atoms with Crippen LogP contribution in [0.5, 0.6) is 11.5 Å². The number of urea groups is 1. The Balaban J connectivity index is 1.54. The third-order valence-electron chi connectivity index (χ3n) is 4.27. The maximum Gasteiger partial charge on any atom is 0.345 e. The van der Waals surface area contributed by atoms with E-state index < -0.39 is 11.7 Å². The minimum absolute atomic E-state index is 0.299. The van der Waals surface area contributed by atoms with Gasteiger partial charge < -0.3 is 19.2 Å². The van der Waals surface area contributed by atoms with E-state index in [1.807, 2.05) is 12.1 Å². The highest BCUT2D eigenvalue weighted by Gasteiger charge is 2.15. The average molecular weight is 423 g/mol. The van der Waals surface area contributed by atoms with Gasteiger partial charge in [0.05, 0.1) is 25.5 Å². The van der Waals surface area contributed by atoms with Gasteiger partial charge in [-0.05, 0) is 24.3 Å². The number of rotatable bonds is 5. The van der Waals surface area contributed by atoms with Gasteiger partial charge in [0, 0.05) is 22.5 Å². The fourth-order valence-corrected chi connectivity index (χ4v) is 3.58. The van der Waals surface area contributed by atoms with Gasteiger partial charge in [0.25, 0.3) is 0 Å². The third kappa shape index (κ3) is 3.96. The topological polar surface area (TPSA) is 103 Å². The van der Waals surface area contributed by atoms with E-state index in [9.17, 15) is 9.59 Å². The molecule has 0 aliphatic rings. The lowest BCUT2D eigenvalue weighted by molar-refractivity contribution is 0.262. The monoisotopic (exact) mass is 423 g/mol. The number of fused-ring (bicyclic) bond motifs is 1. The van der Waals surface area contributed by atoms with Crippen LogP contribution in [0.4, 0.5) is 15.6 Å². The Morgan fingerprint density at radius 3 is 2.70 bits per heavy atom. The minimum Gasteiger partial charge on any atom is -0.497 e. The van der Waals surface area contributed by atoms with Crippen LogP contribution in [-0.2, 0) is 0 Å². The number of hydrogen-bond donors (Lipinski definition) is 2. The number of benzene rings is 2. The fraction of sp³-hybridized carbons (Fsp3) is 0.0952. The van der Waals surface area contributed by atoms with Gasteiger partial charge in [-0.25, -0.2) is 14.6 Å². The Bertz CT molecular complexity index is 1280. The zero-order valence-electron chi connectivity index (χ0n) is 16.1. The predicted octanol–water partition coefficient (Wildman–Crippen LogP) is 4.58. The molecule has 8 nitrogen and oxygen atoms in total. The first-order valence-electron chi connectivity index (χ1n) is 8.86. The lowest BCUT2D eigenvalue weighted by Crippen LogP contribution is -2.19. The summed E-state index contributed by atoms with van der Waals surface area (Å²) in [4.78, 5) is 29.1. The molecule has 2 N–H and O–H groups in total. The molecule has 2 aromatic carbocycles. The van der Waals surface area contributed by atoms with Crippen LogP contribution in [0.2, 0.25) is 0 Å². The summed E-state index contributed by atoms with van der Waals surface area (Å²) in [5.41, 5.74) is 1.13. The summed E-state index contributed by atoms with van der Waals surface area (Å²) in [5, 5.41) is 8.10. The molecule has 0 saturated carbocycles. The van der Waals surface area contributed by atoms with Gasteiger partial charge in [0.15, 0.2) is 16.5 Å². The first-order valence-corrected chi connectivity index (χ1v) is 9.74. The lowest BCUT2D eigenvalue weighted by atomic mass is 10.1. The Labute approximate surface area is 175 Å². The van der Waals surface area contributed by atoms with Crippen LogP contribution >= 0.6 is 11.3 Å². The molecular formula is C21H17N3O5S. The Morgan fingerprint density at radius 1 is 1.07 bits per heavy atom. The summed E-state index contributed by atoms with van der Waals surface area (Å²) < 4.78 is 15.8. The number of ether oxygens (including phenoxy) is 2. The molecule has 0 atom stereocenters. The zero-order chi connectivity index (χ0) is 21.1. The summed E-state index contributed by atoms with van der Waals surface area (Å²) >= 11 is 1.20. The van der Waals surface area contributed by atoms with Crippen molar-refractivity contribution in [3.8, 4) is 22.8 Å². The molecule has 0 spiro atoms. The molecule has 152 valence electrons. The van der Waals surface area contributed by atoms with Crippen molar-refractivity contribution < 1.29 is 18.7 Å². The summed E-state index contributed by atoms with van der Waals surface area (Å²) in [7, 11) is 3.06. The summed E-state index contributed by atoms with van der Waals surface area (Å²) in [5.74, 6) is 1.11. The van der Waals surface area contributed by atoms with Crippen molar-refractivity contribution >= 4 is 39.2 Å². The summed E-state index contributed by atoms with van der Waals surface area (Å²) in [6.07, 6.45) is 0. The molecule has 0 radical (unpaired) electrons. The zero-order valence-corrected chi connectivity index (χ0v) is 16.9. The van der Waals surface area contributed by atoms with Crippen LogP contribution in [0.3, 0.4) is 0 Å². The number of nitrogens with one attached hydrogen (secondary N) is 2. The summed E-state index contributed by atoms with van der Waals surface area (Å²) in [6.45, 7) is 0. The minimum atomic E-state index is -0.537. The smallest absolute Gasteiger partial charge is 0.345 e. The second kappa shape index (κ2) is 8.26. The molecule has 0 bridgehead atoms. The Hall–Kier alpha value is -3.85. The van der Waals surface area contributed by atoms with Crippen molar-refractivity contribution in [2.75, 3.05) is 24.9 Å². The van der Waals surface area contributed by atoms with Crippen molar-refractivity contribution in [2.45, 2.75) is 0 Å². The van der Waals surface area contributed by atoms with E-state index in [1.54, 1.807) is 48.9 Å². The van der Waals surface area contributed by atoms with Crippen LogP contribution in [0.1, 0.15) is 0 Å². The highest BCUT2D eigenvalue weighted by Crippen LogP contribution is 2.29. The van der Waals surface area contributed by atoms with E-state index in [4.69, 9.17) is 13.9 Å². The average Bonchev–Trinajstić information content (AvgIpc) is 3.20. The normalized spacial score (nSPS) is 10.6. The van der Waals surface area contributed by atoms with Crippen molar-refractivity contribution in [2.24, 2.45) is 0 Å². The van der Waals surface area contributed by atoms with E-state index in [1.165, 1.54) is 18.4 Å². The molecule has 2 aromatic heterocycles. The molecule has 0 saturated heterocycles. The van der Waals surface area contributed by atoms with Crippen molar-refractivity contribution in [1.82, 2.24) is 4.98 Å². The van der Waals surface area contributed by atoms with E-state index in [0.717, 1.165) is 0 Å². The molecule has 2 heterocycles. The van der Waals surface area contributed by atoms with Gasteiger partial charge in [-0.1, -0.05) is 18.2 Å². The highest BCUT2D eigenvalue weighted by atomic mass is 32.1. The van der Waals surface area contributed by atoms with Crippen LogP contribution in [-0.4, -0.2) is 25.2 Å².